The van der Waals surface area contributed by atoms with E-state index < -0.39 is 5.97 Å². The molecule has 1 aromatic carbocycles. The Labute approximate surface area is 108 Å². The number of methoxy groups -OCH3 is 1. The van der Waals surface area contributed by atoms with Crippen LogP contribution in [0, 0.1) is 0 Å². The van der Waals surface area contributed by atoms with Crippen molar-refractivity contribution in [3.63, 3.8) is 0 Å². The maximum atomic E-state index is 11.2. The van der Waals surface area contributed by atoms with Crippen molar-refractivity contribution in [3.8, 4) is 11.3 Å². The standard InChI is InChI=1S/C12H8Cl2O3/c1-16-12(15)11-5-4-10(17-11)8-6-7(13)2-3-9(8)14/h2-6H,1H3. The molecule has 0 N–H and O–H groups in total. The van der Waals surface area contributed by atoms with Crippen LogP contribution in [-0.2, 0) is 4.74 Å². The van der Waals surface area contributed by atoms with Crippen LogP contribution in [-0.4, -0.2) is 13.1 Å². The second kappa shape index (κ2) is 4.82. The van der Waals surface area contributed by atoms with Crippen LogP contribution < -0.4 is 0 Å². The number of rotatable bonds is 2. The molecule has 0 fully saturated rings. The molecule has 0 saturated heterocycles. The van der Waals surface area contributed by atoms with Crippen LogP contribution in [0.1, 0.15) is 10.6 Å². The Kier molecular flexibility index (Phi) is 3.41. The smallest absolute Gasteiger partial charge is 0.373 e. The molecule has 88 valence electrons. The molecule has 0 atom stereocenters. The molecule has 2 aromatic rings. The van der Waals surface area contributed by atoms with E-state index in [4.69, 9.17) is 27.6 Å². The summed E-state index contributed by atoms with van der Waals surface area (Å²) in [6.07, 6.45) is 0. The highest BCUT2D eigenvalue weighted by molar-refractivity contribution is 6.35. The lowest BCUT2D eigenvalue weighted by Crippen LogP contribution is -1.98. The zero-order valence-corrected chi connectivity index (χ0v) is 10.4. The lowest BCUT2D eigenvalue weighted by Gasteiger charge is -2.01. The summed E-state index contributed by atoms with van der Waals surface area (Å²) in [4.78, 5) is 11.2. The van der Waals surface area contributed by atoms with E-state index in [2.05, 4.69) is 4.74 Å². The van der Waals surface area contributed by atoms with Gasteiger partial charge in [-0.05, 0) is 30.3 Å². The number of carbonyl (C=O) groups is 1. The number of hydrogen-bond donors (Lipinski definition) is 0. The first-order chi connectivity index (χ1) is 8.11. The Morgan fingerprint density at radius 1 is 1.24 bits per heavy atom. The first-order valence-corrected chi connectivity index (χ1v) is 5.51. The van der Waals surface area contributed by atoms with Crippen LogP contribution in [0.2, 0.25) is 10.0 Å². The Morgan fingerprint density at radius 2 is 2.00 bits per heavy atom. The number of esters is 1. The molecule has 0 aliphatic rings. The van der Waals surface area contributed by atoms with E-state index in [-0.39, 0.29) is 5.76 Å². The van der Waals surface area contributed by atoms with Crippen molar-refractivity contribution >= 4 is 29.2 Å². The molecule has 0 bridgehead atoms. The second-order valence-electron chi connectivity index (χ2n) is 3.28. The van der Waals surface area contributed by atoms with Crippen molar-refractivity contribution in [1.29, 1.82) is 0 Å². The number of hydrogen-bond acceptors (Lipinski definition) is 3. The van der Waals surface area contributed by atoms with Crippen LogP contribution in [0.4, 0.5) is 0 Å². The van der Waals surface area contributed by atoms with Crippen molar-refractivity contribution in [2.45, 2.75) is 0 Å². The zero-order valence-electron chi connectivity index (χ0n) is 8.87. The predicted molar refractivity (Wildman–Crippen MR) is 65.5 cm³/mol. The molecule has 2 rings (SSSR count). The lowest BCUT2D eigenvalue weighted by molar-refractivity contribution is 0.0566. The van der Waals surface area contributed by atoms with Gasteiger partial charge >= 0.3 is 5.97 Å². The molecule has 1 heterocycles. The summed E-state index contributed by atoms with van der Waals surface area (Å²) in [5, 5.41) is 1.04. The average molecular weight is 271 g/mol. The van der Waals surface area contributed by atoms with Gasteiger partial charge in [0.25, 0.3) is 0 Å². The van der Waals surface area contributed by atoms with Crippen molar-refractivity contribution < 1.29 is 13.9 Å². The highest BCUT2D eigenvalue weighted by Gasteiger charge is 2.14. The Bertz CT molecular complexity index is 561. The third-order valence-corrected chi connectivity index (χ3v) is 2.75. The maximum absolute atomic E-state index is 11.2. The summed E-state index contributed by atoms with van der Waals surface area (Å²) in [7, 11) is 1.29. The minimum atomic E-state index is -0.533. The summed E-state index contributed by atoms with van der Waals surface area (Å²) in [6, 6.07) is 8.18. The van der Waals surface area contributed by atoms with Crippen LogP contribution in [0.15, 0.2) is 34.7 Å². The van der Waals surface area contributed by atoms with E-state index in [0.29, 0.717) is 21.4 Å². The van der Waals surface area contributed by atoms with E-state index in [1.165, 1.54) is 13.2 Å². The molecule has 17 heavy (non-hydrogen) atoms. The number of carbonyl (C=O) groups excluding carboxylic acids is 1. The first kappa shape index (κ1) is 12.0. The molecular weight excluding hydrogens is 263 g/mol. The lowest BCUT2D eigenvalue weighted by atomic mass is 10.2. The summed E-state index contributed by atoms with van der Waals surface area (Å²) in [6.45, 7) is 0. The summed E-state index contributed by atoms with van der Waals surface area (Å²) >= 11 is 11.9. The minimum absolute atomic E-state index is 0.124. The third kappa shape index (κ3) is 2.46. The monoisotopic (exact) mass is 270 g/mol. The predicted octanol–water partition coefficient (Wildman–Crippen LogP) is 4.04. The Hall–Kier alpha value is -1.45. The van der Waals surface area contributed by atoms with Gasteiger partial charge in [0.1, 0.15) is 5.76 Å². The zero-order chi connectivity index (χ0) is 12.4. The fourth-order valence-corrected chi connectivity index (χ4v) is 1.76. The largest absolute Gasteiger partial charge is 0.463 e. The highest BCUT2D eigenvalue weighted by Crippen LogP contribution is 2.31. The summed E-state index contributed by atoms with van der Waals surface area (Å²) in [5.41, 5.74) is 0.634. The van der Waals surface area contributed by atoms with Crippen LogP contribution >= 0.6 is 23.2 Å². The van der Waals surface area contributed by atoms with Crippen molar-refractivity contribution in [1.82, 2.24) is 0 Å². The first-order valence-electron chi connectivity index (χ1n) is 4.75. The molecule has 3 nitrogen and oxygen atoms in total. The van der Waals surface area contributed by atoms with Crippen LogP contribution in [0.3, 0.4) is 0 Å². The van der Waals surface area contributed by atoms with Gasteiger partial charge in [0, 0.05) is 10.6 Å². The Morgan fingerprint density at radius 3 is 2.71 bits per heavy atom. The molecule has 0 aliphatic carbocycles. The van der Waals surface area contributed by atoms with Gasteiger partial charge in [0.05, 0.1) is 12.1 Å². The molecule has 5 heteroatoms. The number of furan rings is 1. The highest BCUT2D eigenvalue weighted by atomic mass is 35.5. The van der Waals surface area contributed by atoms with Gasteiger partial charge < -0.3 is 9.15 Å². The van der Waals surface area contributed by atoms with Gasteiger partial charge in [-0.2, -0.15) is 0 Å². The van der Waals surface area contributed by atoms with E-state index in [0.717, 1.165) is 0 Å². The van der Waals surface area contributed by atoms with Gasteiger partial charge in [-0.3, -0.25) is 0 Å². The second-order valence-corrected chi connectivity index (χ2v) is 4.12. The summed E-state index contributed by atoms with van der Waals surface area (Å²) in [5.74, 6) is 0.0610. The van der Waals surface area contributed by atoms with Crippen LogP contribution in [0.25, 0.3) is 11.3 Å². The van der Waals surface area contributed by atoms with E-state index >= 15 is 0 Å². The third-order valence-electron chi connectivity index (χ3n) is 2.19. The molecule has 0 amide bonds. The van der Waals surface area contributed by atoms with Crippen LogP contribution in [0.5, 0.6) is 0 Å². The van der Waals surface area contributed by atoms with E-state index in [9.17, 15) is 4.79 Å². The minimum Gasteiger partial charge on any atom is -0.463 e. The quantitative estimate of drug-likeness (QED) is 0.774. The summed E-state index contributed by atoms with van der Waals surface area (Å²) < 4.78 is 9.89. The number of halogens is 2. The van der Waals surface area contributed by atoms with Gasteiger partial charge in [0.2, 0.25) is 5.76 Å². The fourth-order valence-electron chi connectivity index (χ4n) is 1.38. The van der Waals surface area contributed by atoms with Gasteiger partial charge in [-0.15, -0.1) is 0 Å². The number of benzene rings is 1. The maximum Gasteiger partial charge on any atom is 0.373 e. The molecule has 0 radical (unpaired) electrons. The fraction of sp³-hybridized carbons (Fsp3) is 0.0833. The number of ether oxygens (including phenoxy) is 1. The normalized spacial score (nSPS) is 10.3. The van der Waals surface area contributed by atoms with Crippen molar-refractivity contribution in [3.05, 3.63) is 46.1 Å². The SMILES string of the molecule is COC(=O)c1ccc(-c2cc(Cl)ccc2Cl)o1. The molecule has 0 unspecified atom stereocenters. The van der Waals surface area contributed by atoms with Gasteiger partial charge in [0.15, 0.2) is 0 Å². The topological polar surface area (TPSA) is 39.4 Å². The van der Waals surface area contributed by atoms with Gasteiger partial charge in [-0.25, -0.2) is 4.79 Å². The Balaban J connectivity index is 2.43. The van der Waals surface area contributed by atoms with Gasteiger partial charge in [-0.1, -0.05) is 23.2 Å². The average Bonchev–Trinajstić information content (AvgIpc) is 2.80. The van der Waals surface area contributed by atoms with Crippen molar-refractivity contribution in [2.75, 3.05) is 7.11 Å². The van der Waals surface area contributed by atoms with E-state index in [1.807, 2.05) is 0 Å². The molecule has 0 saturated carbocycles. The molecule has 0 spiro atoms. The molecule has 0 aliphatic heterocycles. The molecule has 1 aromatic heterocycles. The van der Waals surface area contributed by atoms with E-state index in [1.54, 1.807) is 24.3 Å². The van der Waals surface area contributed by atoms with Crippen molar-refractivity contribution in [2.24, 2.45) is 0 Å². The molecular formula is C12H8Cl2O3.